The summed E-state index contributed by atoms with van der Waals surface area (Å²) in [7, 11) is -3.72. The maximum atomic E-state index is 12.3. The van der Waals surface area contributed by atoms with Crippen molar-refractivity contribution < 1.29 is 13.2 Å². The molecule has 8 heteroatoms. The Labute approximate surface area is 153 Å². The van der Waals surface area contributed by atoms with Crippen molar-refractivity contribution in [3.63, 3.8) is 0 Å². The lowest BCUT2D eigenvalue weighted by Gasteiger charge is -2.15. The van der Waals surface area contributed by atoms with Crippen LogP contribution < -0.4 is 10.5 Å². The normalized spacial score (nSPS) is 12.7. The van der Waals surface area contributed by atoms with Crippen LogP contribution in [0.5, 0.6) is 0 Å². The first-order valence-corrected chi connectivity index (χ1v) is 9.57. The van der Waals surface area contributed by atoms with Crippen LogP contribution in [0.1, 0.15) is 28.9 Å². The minimum Gasteiger partial charge on any atom is -0.345 e. The Morgan fingerprint density at radius 2 is 1.83 bits per heavy atom. The molecule has 0 heterocycles. The van der Waals surface area contributed by atoms with Crippen LogP contribution in [-0.4, -0.2) is 14.3 Å². The number of rotatable bonds is 4. The van der Waals surface area contributed by atoms with E-state index in [0.717, 1.165) is 9.13 Å². The average Bonchev–Trinajstić information content (AvgIpc) is 2.48. The van der Waals surface area contributed by atoms with Gasteiger partial charge in [-0.1, -0.05) is 23.7 Å². The van der Waals surface area contributed by atoms with E-state index in [4.69, 9.17) is 16.7 Å². The molecule has 2 rings (SSSR count). The number of nitrogens with one attached hydrogen (secondary N) is 1. The van der Waals surface area contributed by atoms with Gasteiger partial charge in [0, 0.05) is 8.59 Å². The van der Waals surface area contributed by atoms with Crippen LogP contribution in [0.4, 0.5) is 0 Å². The lowest BCUT2D eigenvalue weighted by atomic mass is 10.1. The molecule has 23 heavy (non-hydrogen) atoms. The van der Waals surface area contributed by atoms with Gasteiger partial charge >= 0.3 is 0 Å². The Bertz CT molecular complexity index is 838. The molecule has 1 amide bonds. The highest BCUT2D eigenvalue weighted by atomic mass is 127. The van der Waals surface area contributed by atoms with Crippen molar-refractivity contribution in [3.8, 4) is 0 Å². The molecule has 0 radical (unpaired) electrons. The topological polar surface area (TPSA) is 89.3 Å². The van der Waals surface area contributed by atoms with E-state index in [0.29, 0.717) is 10.6 Å². The predicted octanol–water partition coefficient (Wildman–Crippen LogP) is 3.08. The molecule has 0 saturated carbocycles. The van der Waals surface area contributed by atoms with Crippen LogP contribution in [0.2, 0.25) is 5.02 Å². The van der Waals surface area contributed by atoms with Crippen LogP contribution in [0.25, 0.3) is 0 Å². The highest BCUT2D eigenvalue weighted by molar-refractivity contribution is 14.1. The van der Waals surface area contributed by atoms with Gasteiger partial charge in [0.1, 0.15) is 0 Å². The van der Waals surface area contributed by atoms with Crippen molar-refractivity contribution >= 4 is 50.1 Å². The lowest BCUT2D eigenvalue weighted by Crippen LogP contribution is -2.27. The van der Waals surface area contributed by atoms with Gasteiger partial charge in [-0.05, 0) is 65.4 Å². The highest BCUT2D eigenvalue weighted by Gasteiger charge is 2.15. The molecular weight excluding hydrogens is 451 g/mol. The van der Waals surface area contributed by atoms with E-state index in [1.165, 1.54) is 12.1 Å². The maximum absolute atomic E-state index is 12.3. The van der Waals surface area contributed by atoms with E-state index in [1.807, 2.05) is 0 Å². The zero-order valence-electron chi connectivity index (χ0n) is 12.1. The fourth-order valence-electron chi connectivity index (χ4n) is 1.98. The second-order valence-corrected chi connectivity index (χ2v) is 8.09. The second-order valence-electron chi connectivity index (χ2n) is 4.93. The molecule has 1 unspecified atom stereocenters. The summed E-state index contributed by atoms with van der Waals surface area (Å²) in [5.41, 5.74) is 1.26. The van der Waals surface area contributed by atoms with Crippen LogP contribution in [-0.2, 0) is 10.0 Å². The van der Waals surface area contributed by atoms with E-state index >= 15 is 0 Å². The average molecular weight is 465 g/mol. The number of carbonyl (C=O) groups excluding carboxylic acids is 1. The second kappa shape index (κ2) is 7.16. The molecule has 0 aliphatic carbocycles. The third-order valence-corrected chi connectivity index (χ3v) is 5.33. The van der Waals surface area contributed by atoms with E-state index in [-0.39, 0.29) is 16.8 Å². The third kappa shape index (κ3) is 4.66. The number of primary sulfonamides is 1. The zero-order valence-corrected chi connectivity index (χ0v) is 15.8. The molecule has 2 aromatic carbocycles. The number of hydrogen-bond acceptors (Lipinski definition) is 3. The molecule has 1 atom stereocenters. The van der Waals surface area contributed by atoms with E-state index < -0.39 is 10.0 Å². The first-order chi connectivity index (χ1) is 10.7. The summed E-state index contributed by atoms with van der Waals surface area (Å²) in [5, 5.41) is 8.40. The number of sulfonamides is 1. The molecule has 3 N–H and O–H groups in total. The lowest BCUT2D eigenvalue weighted by molar-refractivity contribution is 0.0939. The summed E-state index contributed by atoms with van der Waals surface area (Å²) >= 11 is 7.99. The van der Waals surface area contributed by atoms with Crippen molar-refractivity contribution in [2.45, 2.75) is 17.9 Å². The van der Waals surface area contributed by atoms with Gasteiger partial charge in [0.25, 0.3) is 5.91 Å². The Balaban J connectivity index is 2.17. The van der Waals surface area contributed by atoms with Gasteiger partial charge in [-0.3, -0.25) is 4.79 Å². The molecule has 0 fully saturated rings. The quantitative estimate of drug-likeness (QED) is 0.682. The predicted molar refractivity (Wildman–Crippen MR) is 97.9 cm³/mol. The summed E-state index contributed by atoms with van der Waals surface area (Å²) in [6.45, 7) is 1.81. The molecule has 0 aromatic heterocycles. The van der Waals surface area contributed by atoms with Gasteiger partial charge < -0.3 is 5.32 Å². The third-order valence-electron chi connectivity index (χ3n) is 3.23. The minimum absolute atomic E-state index is 0.0316. The molecule has 122 valence electrons. The van der Waals surface area contributed by atoms with Crippen molar-refractivity contribution in [2.24, 2.45) is 5.14 Å². The van der Waals surface area contributed by atoms with Gasteiger partial charge in [-0.2, -0.15) is 0 Å². The number of hydrogen-bond donors (Lipinski definition) is 2. The number of carbonyl (C=O) groups is 1. The first-order valence-electron chi connectivity index (χ1n) is 6.57. The summed E-state index contributed by atoms with van der Waals surface area (Å²) in [6.07, 6.45) is 0. The zero-order chi connectivity index (χ0) is 17.2. The fraction of sp³-hybridized carbons (Fsp3) is 0.133. The van der Waals surface area contributed by atoms with Gasteiger partial charge in [0.05, 0.1) is 16.5 Å². The smallest absolute Gasteiger partial charge is 0.252 e. The van der Waals surface area contributed by atoms with E-state index in [1.54, 1.807) is 37.3 Å². The summed E-state index contributed by atoms with van der Waals surface area (Å²) < 4.78 is 23.3. The number of amides is 1. The van der Waals surface area contributed by atoms with Gasteiger partial charge in [0.2, 0.25) is 10.0 Å². The van der Waals surface area contributed by atoms with Crippen molar-refractivity contribution in [2.75, 3.05) is 0 Å². The number of halogens is 2. The van der Waals surface area contributed by atoms with Gasteiger partial charge in [0.15, 0.2) is 0 Å². The van der Waals surface area contributed by atoms with Crippen LogP contribution >= 0.6 is 34.2 Å². The molecule has 0 spiro atoms. The standard InChI is InChI=1S/C15H14ClIN2O3S/c1-9(10-2-5-12(6-3-10)23(18,21)22)19-15(20)13-8-11(16)4-7-14(13)17/h2-9H,1H3,(H,19,20)(H2,18,21,22). The van der Waals surface area contributed by atoms with Crippen LogP contribution in [0.3, 0.4) is 0 Å². The molecule has 0 bridgehead atoms. The van der Waals surface area contributed by atoms with Crippen molar-refractivity contribution in [1.82, 2.24) is 5.32 Å². The number of nitrogens with two attached hydrogens (primary N) is 1. The Morgan fingerprint density at radius 3 is 2.39 bits per heavy atom. The SMILES string of the molecule is CC(NC(=O)c1cc(Cl)ccc1I)c1ccc(S(N)(=O)=O)cc1. The van der Waals surface area contributed by atoms with E-state index in [2.05, 4.69) is 27.9 Å². The Morgan fingerprint density at radius 1 is 1.22 bits per heavy atom. The summed E-state index contributed by atoms with van der Waals surface area (Å²) in [5.74, 6) is -0.250. The minimum atomic E-state index is -3.72. The first kappa shape index (κ1) is 18.2. The van der Waals surface area contributed by atoms with Crippen LogP contribution in [0, 0.1) is 3.57 Å². The van der Waals surface area contributed by atoms with Gasteiger partial charge in [-0.15, -0.1) is 0 Å². The molecule has 0 aliphatic heterocycles. The van der Waals surface area contributed by atoms with Crippen LogP contribution in [0.15, 0.2) is 47.4 Å². The maximum Gasteiger partial charge on any atom is 0.252 e. The fourth-order valence-corrected chi connectivity index (χ4v) is 3.24. The van der Waals surface area contributed by atoms with E-state index in [9.17, 15) is 13.2 Å². The molecule has 2 aromatic rings. The van der Waals surface area contributed by atoms with Crippen molar-refractivity contribution in [3.05, 3.63) is 62.2 Å². The monoisotopic (exact) mass is 464 g/mol. The van der Waals surface area contributed by atoms with Gasteiger partial charge in [-0.25, -0.2) is 13.6 Å². The Kier molecular flexibility index (Phi) is 5.66. The number of benzene rings is 2. The molecule has 5 nitrogen and oxygen atoms in total. The summed E-state index contributed by atoms with van der Waals surface area (Å²) in [4.78, 5) is 12.4. The molecule has 0 saturated heterocycles. The largest absolute Gasteiger partial charge is 0.345 e. The molecular formula is C15H14ClIN2O3S. The molecule has 0 aliphatic rings. The summed E-state index contributed by atoms with van der Waals surface area (Å²) in [6, 6.07) is 10.9. The highest BCUT2D eigenvalue weighted by Crippen LogP contribution is 2.20. The Hall–Kier alpha value is -1.16. The van der Waals surface area contributed by atoms with Crippen molar-refractivity contribution in [1.29, 1.82) is 0 Å².